The Kier molecular flexibility index (Phi) is 2.88. The molecule has 1 amide bonds. The van der Waals surface area contributed by atoms with Crippen LogP contribution in [0.3, 0.4) is 0 Å². The van der Waals surface area contributed by atoms with Gasteiger partial charge in [0, 0.05) is 6.54 Å². The maximum absolute atomic E-state index is 11.2. The Morgan fingerprint density at radius 1 is 1.73 bits per heavy atom. The second kappa shape index (κ2) is 3.72. The Hall–Kier alpha value is -0.570. The van der Waals surface area contributed by atoms with Crippen molar-refractivity contribution in [3.63, 3.8) is 0 Å². The van der Waals surface area contributed by atoms with E-state index in [4.69, 9.17) is 0 Å². The van der Waals surface area contributed by atoms with Gasteiger partial charge in [-0.3, -0.25) is 4.79 Å². The lowest BCUT2D eigenvalue weighted by molar-refractivity contribution is -0.125. The molecule has 0 saturated carbocycles. The molecule has 11 heavy (non-hydrogen) atoms. The number of carbonyl (C=O) groups excluding carboxylic acids is 1. The molecule has 3 heteroatoms. The van der Waals surface area contributed by atoms with Crippen LogP contribution in [0.2, 0.25) is 0 Å². The summed E-state index contributed by atoms with van der Waals surface area (Å²) in [6.07, 6.45) is 1.09. The number of rotatable bonds is 2. The number of hydrogen-bond acceptors (Lipinski definition) is 2. The molecule has 2 N–H and O–H groups in total. The van der Waals surface area contributed by atoms with Crippen molar-refractivity contribution in [2.24, 2.45) is 5.92 Å². The predicted octanol–water partition coefficient (Wildman–Crippen LogP) is 0.120. The third kappa shape index (κ3) is 1.93. The van der Waals surface area contributed by atoms with E-state index >= 15 is 0 Å². The normalized spacial score (nSPS) is 31.6. The smallest absolute Gasteiger partial charge is 0.237 e. The van der Waals surface area contributed by atoms with Gasteiger partial charge in [-0.25, -0.2) is 0 Å². The molecule has 1 aliphatic heterocycles. The van der Waals surface area contributed by atoms with Gasteiger partial charge in [0.1, 0.15) is 0 Å². The summed E-state index contributed by atoms with van der Waals surface area (Å²) in [5.74, 6) is 0.634. The van der Waals surface area contributed by atoms with Crippen LogP contribution in [0, 0.1) is 5.92 Å². The maximum Gasteiger partial charge on any atom is 0.237 e. The van der Waals surface area contributed by atoms with Crippen molar-refractivity contribution >= 4 is 5.91 Å². The molecule has 0 aromatic rings. The first-order valence-corrected chi connectivity index (χ1v) is 4.26. The van der Waals surface area contributed by atoms with Gasteiger partial charge in [-0.2, -0.15) is 0 Å². The number of amides is 1. The van der Waals surface area contributed by atoms with Crippen LogP contribution in [0.5, 0.6) is 0 Å². The van der Waals surface area contributed by atoms with Gasteiger partial charge in [0.2, 0.25) is 5.91 Å². The highest BCUT2D eigenvalue weighted by Crippen LogP contribution is 2.11. The van der Waals surface area contributed by atoms with Crippen molar-refractivity contribution in [3.8, 4) is 0 Å². The lowest BCUT2D eigenvalue weighted by Gasteiger charge is -2.28. The fourth-order valence-corrected chi connectivity index (χ4v) is 1.47. The average Bonchev–Trinajstić information content (AvgIpc) is 1.97. The summed E-state index contributed by atoms with van der Waals surface area (Å²) in [4.78, 5) is 11.2. The molecular formula is C8H16N2O. The minimum atomic E-state index is 0.0359. The van der Waals surface area contributed by atoms with Crippen molar-refractivity contribution in [2.75, 3.05) is 13.1 Å². The van der Waals surface area contributed by atoms with Gasteiger partial charge in [0.15, 0.2) is 0 Å². The number of likely N-dealkylation sites (N-methyl/N-ethyl adjacent to an activating group) is 1. The second-order valence-corrected chi connectivity index (χ2v) is 3.09. The van der Waals surface area contributed by atoms with Crippen molar-refractivity contribution in [1.29, 1.82) is 0 Å². The Bertz CT molecular complexity index is 147. The van der Waals surface area contributed by atoms with Crippen LogP contribution in [0.4, 0.5) is 0 Å². The molecule has 0 bridgehead atoms. The van der Waals surface area contributed by atoms with Crippen molar-refractivity contribution < 1.29 is 4.79 Å². The van der Waals surface area contributed by atoms with Crippen LogP contribution in [0.25, 0.3) is 0 Å². The molecular weight excluding hydrogens is 140 g/mol. The molecule has 1 rings (SSSR count). The number of carbonyl (C=O) groups is 1. The summed E-state index contributed by atoms with van der Waals surface area (Å²) in [7, 11) is 0. The zero-order valence-corrected chi connectivity index (χ0v) is 7.18. The topological polar surface area (TPSA) is 41.1 Å². The van der Waals surface area contributed by atoms with Crippen LogP contribution >= 0.6 is 0 Å². The van der Waals surface area contributed by atoms with Gasteiger partial charge in [-0.1, -0.05) is 13.8 Å². The largest absolute Gasteiger partial charge is 0.355 e. The van der Waals surface area contributed by atoms with Crippen LogP contribution in [0.15, 0.2) is 0 Å². The lowest BCUT2D eigenvalue weighted by atomic mass is 9.94. The minimum Gasteiger partial charge on any atom is -0.355 e. The maximum atomic E-state index is 11.2. The molecule has 3 nitrogen and oxygen atoms in total. The fraction of sp³-hybridized carbons (Fsp3) is 0.875. The van der Waals surface area contributed by atoms with Gasteiger partial charge >= 0.3 is 0 Å². The molecule has 1 saturated heterocycles. The van der Waals surface area contributed by atoms with Gasteiger partial charge in [-0.05, 0) is 18.9 Å². The van der Waals surface area contributed by atoms with Gasteiger partial charge < -0.3 is 10.6 Å². The van der Waals surface area contributed by atoms with Crippen molar-refractivity contribution in [2.45, 2.75) is 26.3 Å². The Labute approximate surface area is 67.5 Å². The highest BCUT2D eigenvalue weighted by molar-refractivity contribution is 5.82. The van der Waals surface area contributed by atoms with E-state index in [1.165, 1.54) is 0 Å². The molecule has 0 aromatic heterocycles. The standard InChI is InChI=1S/C8H16N2O/c1-3-9-7-6(2)4-5-10-8(7)11/h6-7,9H,3-5H2,1-2H3,(H,10,11). The van der Waals surface area contributed by atoms with Crippen molar-refractivity contribution in [1.82, 2.24) is 10.6 Å². The first kappa shape index (κ1) is 8.53. The summed E-state index contributed by atoms with van der Waals surface area (Å²) in [5, 5.41) is 6.02. The monoisotopic (exact) mass is 156 g/mol. The zero-order valence-electron chi connectivity index (χ0n) is 7.18. The van der Waals surface area contributed by atoms with E-state index in [1.807, 2.05) is 6.92 Å². The third-order valence-corrected chi connectivity index (χ3v) is 2.17. The highest BCUT2D eigenvalue weighted by atomic mass is 16.2. The predicted molar refractivity (Wildman–Crippen MR) is 44.3 cm³/mol. The molecule has 1 aliphatic rings. The molecule has 0 aliphatic carbocycles. The molecule has 64 valence electrons. The van der Waals surface area contributed by atoms with Crippen LogP contribution in [-0.4, -0.2) is 25.0 Å². The Morgan fingerprint density at radius 2 is 2.45 bits per heavy atom. The van der Waals surface area contributed by atoms with E-state index in [-0.39, 0.29) is 11.9 Å². The Morgan fingerprint density at radius 3 is 3.00 bits per heavy atom. The average molecular weight is 156 g/mol. The molecule has 2 unspecified atom stereocenters. The second-order valence-electron chi connectivity index (χ2n) is 3.09. The Balaban J connectivity index is 2.48. The van der Waals surface area contributed by atoms with Gasteiger partial charge in [0.25, 0.3) is 0 Å². The lowest BCUT2D eigenvalue weighted by Crippen LogP contribution is -2.52. The zero-order chi connectivity index (χ0) is 8.27. The number of hydrogen-bond donors (Lipinski definition) is 2. The highest BCUT2D eigenvalue weighted by Gasteiger charge is 2.27. The summed E-state index contributed by atoms with van der Waals surface area (Å²) in [5.41, 5.74) is 0. The van der Waals surface area contributed by atoms with Gasteiger partial charge in [0.05, 0.1) is 6.04 Å². The summed E-state index contributed by atoms with van der Waals surface area (Å²) >= 11 is 0. The van der Waals surface area contributed by atoms with E-state index in [1.54, 1.807) is 0 Å². The molecule has 0 aromatic carbocycles. The van der Waals surface area contributed by atoms with E-state index in [0.717, 1.165) is 19.5 Å². The summed E-state index contributed by atoms with van der Waals surface area (Å²) in [6, 6.07) is 0.0359. The quantitative estimate of drug-likeness (QED) is 0.596. The molecule has 1 heterocycles. The first-order chi connectivity index (χ1) is 5.25. The van der Waals surface area contributed by atoms with E-state index in [0.29, 0.717) is 5.92 Å². The molecule has 0 spiro atoms. The fourth-order valence-electron chi connectivity index (χ4n) is 1.47. The summed E-state index contributed by atoms with van der Waals surface area (Å²) in [6.45, 7) is 5.84. The van der Waals surface area contributed by atoms with Gasteiger partial charge in [-0.15, -0.1) is 0 Å². The van der Waals surface area contributed by atoms with Crippen LogP contribution in [0.1, 0.15) is 20.3 Å². The van der Waals surface area contributed by atoms with Crippen LogP contribution in [-0.2, 0) is 4.79 Å². The number of piperidine rings is 1. The van der Waals surface area contributed by atoms with E-state index in [9.17, 15) is 4.79 Å². The third-order valence-electron chi connectivity index (χ3n) is 2.17. The van der Waals surface area contributed by atoms with E-state index < -0.39 is 0 Å². The van der Waals surface area contributed by atoms with Crippen LogP contribution < -0.4 is 10.6 Å². The number of nitrogens with one attached hydrogen (secondary N) is 2. The SMILES string of the molecule is CCNC1C(=O)NCCC1C. The molecule has 0 radical (unpaired) electrons. The van der Waals surface area contributed by atoms with E-state index in [2.05, 4.69) is 17.6 Å². The summed E-state index contributed by atoms with van der Waals surface area (Å²) < 4.78 is 0. The molecule has 1 fully saturated rings. The van der Waals surface area contributed by atoms with Crippen molar-refractivity contribution in [3.05, 3.63) is 0 Å². The minimum absolute atomic E-state index is 0.0359. The molecule has 2 atom stereocenters. The first-order valence-electron chi connectivity index (χ1n) is 4.26.